The van der Waals surface area contributed by atoms with Gasteiger partial charge in [0.15, 0.2) is 11.6 Å². The standard InChI is InChI=1S/C9H13N3O2/c1-6(13)8(5-12(3)4)9-10-7(2)11-14-9/h5H,1-4H3/b8-5-. The van der Waals surface area contributed by atoms with Crippen LogP contribution >= 0.6 is 0 Å². The van der Waals surface area contributed by atoms with Crippen molar-refractivity contribution < 1.29 is 9.32 Å². The molecule has 5 nitrogen and oxygen atoms in total. The molecule has 0 fully saturated rings. The maximum Gasteiger partial charge on any atom is 0.262 e. The normalized spacial score (nSPS) is 11.6. The summed E-state index contributed by atoms with van der Waals surface area (Å²) in [7, 11) is 3.65. The molecule has 1 heterocycles. The van der Waals surface area contributed by atoms with Gasteiger partial charge in [0, 0.05) is 20.3 Å². The second kappa shape index (κ2) is 4.04. The summed E-state index contributed by atoms with van der Waals surface area (Å²) in [6, 6.07) is 0. The molecule has 0 saturated heterocycles. The number of ketones is 1. The predicted molar refractivity (Wildman–Crippen MR) is 51.4 cm³/mol. The first-order valence-electron chi connectivity index (χ1n) is 4.20. The highest BCUT2D eigenvalue weighted by Crippen LogP contribution is 2.13. The van der Waals surface area contributed by atoms with Crippen LogP contribution in [0, 0.1) is 6.92 Å². The number of carbonyl (C=O) groups excluding carboxylic acids is 1. The molecule has 0 radical (unpaired) electrons. The fraction of sp³-hybridized carbons (Fsp3) is 0.444. The Kier molecular flexibility index (Phi) is 3.01. The lowest BCUT2D eigenvalue weighted by molar-refractivity contribution is -0.112. The third-order valence-electron chi connectivity index (χ3n) is 1.52. The van der Waals surface area contributed by atoms with Crippen molar-refractivity contribution in [3.8, 4) is 0 Å². The lowest BCUT2D eigenvalue weighted by Crippen LogP contribution is -2.06. The largest absolute Gasteiger partial charge is 0.383 e. The van der Waals surface area contributed by atoms with Gasteiger partial charge in [-0.25, -0.2) is 0 Å². The fourth-order valence-electron chi connectivity index (χ4n) is 0.961. The number of carbonyl (C=O) groups is 1. The molecule has 0 aliphatic rings. The quantitative estimate of drug-likeness (QED) is 0.670. The van der Waals surface area contributed by atoms with E-state index in [1.54, 1.807) is 18.0 Å². The highest BCUT2D eigenvalue weighted by atomic mass is 16.5. The van der Waals surface area contributed by atoms with Crippen LogP contribution in [0.1, 0.15) is 18.6 Å². The number of rotatable bonds is 3. The molecule has 0 atom stereocenters. The van der Waals surface area contributed by atoms with E-state index in [2.05, 4.69) is 10.1 Å². The van der Waals surface area contributed by atoms with Gasteiger partial charge < -0.3 is 9.42 Å². The maximum absolute atomic E-state index is 11.3. The first-order valence-corrected chi connectivity index (χ1v) is 4.20. The average molecular weight is 195 g/mol. The molecule has 14 heavy (non-hydrogen) atoms. The van der Waals surface area contributed by atoms with Crippen molar-refractivity contribution >= 4 is 11.4 Å². The van der Waals surface area contributed by atoms with E-state index in [4.69, 9.17) is 4.52 Å². The SMILES string of the molecule is CC(=O)/C(=C/N(C)C)c1nc(C)no1. The molecular weight excluding hydrogens is 182 g/mol. The zero-order valence-corrected chi connectivity index (χ0v) is 8.74. The highest BCUT2D eigenvalue weighted by Gasteiger charge is 2.14. The summed E-state index contributed by atoms with van der Waals surface area (Å²) in [4.78, 5) is 17.0. The summed E-state index contributed by atoms with van der Waals surface area (Å²) in [6.45, 7) is 3.18. The molecule has 5 heteroatoms. The summed E-state index contributed by atoms with van der Waals surface area (Å²) in [5, 5.41) is 3.63. The van der Waals surface area contributed by atoms with Crippen molar-refractivity contribution in [3.63, 3.8) is 0 Å². The molecule has 1 aromatic heterocycles. The van der Waals surface area contributed by atoms with Crippen molar-refractivity contribution in [1.82, 2.24) is 15.0 Å². The highest BCUT2D eigenvalue weighted by molar-refractivity contribution is 6.17. The number of aryl methyl sites for hydroxylation is 1. The summed E-state index contributed by atoms with van der Waals surface area (Å²) in [6.07, 6.45) is 1.66. The van der Waals surface area contributed by atoms with Crippen LogP contribution in [0.5, 0.6) is 0 Å². The van der Waals surface area contributed by atoms with Crippen molar-refractivity contribution in [2.24, 2.45) is 0 Å². The van der Waals surface area contributed by atoms with E-state index in [1.807, 2.05) is 14.1 Å². The summed E-state index contributed by atoms with van der Waals surface area (Å²) in [5.74, 6) is 0.692. The topological polar surface area (TPSA) is 59.2 Å². The van der Waals surface area contributed by atoms with E-state index in [0.29, 0.717) is 11.4 Å². The lowest BCUT2D eigenvalue weighted by atomic mass is 10.2. The molecule has 1 aromatic rings. The van der Waals surface area contributed by atoms with Gasteiger partial charge in [0.05, 0.1) is 5.57 Å². The third-order valence-corrected chi connectivity index (χ3v) is 1.52. The van der Waals surface area contributed by atoms with Crippen LogP contribution in [0.15, 0.2) is 10.7 Å². The Morgan fingerprint density at radius 3 is 2.50 bits per heavy atom. The number of nitrogens with zero attached hydrogens (tertiary/aromatic N) is 3. The zero-order valence-electron chi connectivity index (χ0n) is 8.74. The lowest BCUT2D eigenvalue weighted by Gasteiger charge is -2.05. The first kappa shape index (κ1) is 10.4. The Morgan fingerprint density at radius 2 is 2.14 bits per heavy atom. The molecule has 0 aliphatic carbocycles. The second-order valence-corrected chi connectivity index (χ2v) is 3.21. The van der Waals surface area contributed by atoms with Crippen LogP contribution in [0.4, 0.5) is 0 Å². The maximum atomic E-state index is 11.3. The smallest absolute Gasteiger partial charge is 0.262 e. The monoisotopic (exact) mass is 195 g/mol. The van der Waals surface area contributed by atoms with Gasteiger partial charge in [-0.15, -0.1) is 0 Å². The Hall–Kier alpha value is -1.65. The van der Waals surface area contributed by atoms with E-state index in [0.717, 1.165) is 0 Å². The molecule has 0 aliphatic heterocycles. The van der Waals surface area contributed by atoms with Gasteiger partial charge in [-0.2, -0.15) is 4.98 Å². The summed E-state index contributed by atoms with van der Waals surface area (Å²) in [5.41, 5.74) is 0.426. The molecule has 0 spiro atoms. The Morgan fingerprint density at radius 1 is 1.50 bits per heavy atom. The van der Waals surface area contributed by atoms with Crippen molar-refractivity contribution in [1.29, 1.82) is 0 Å². The van der Waals surface area contributed by atoms with Gasteiger partial charge in [0.25, 0.3) is 5.89 Å². The molecule has 0 amide bonds. The minimum Gasteiger partial charge on any atom is -0.383 e. The number of Topliss-reactive ketones (excluding diaryl/α,β-unsaturated/α-hetero) is 1. The third kappa shape index (κ3) is 2.42. The number of hydrogen-bond donors (Lipinski definition) is 0. The summed E-state index contributed by atoms with van der Waals surface area (Å²) < 4.78 is 4.91. The van der Waals surface area contributed by atoms with Crippen molar-refractivity contribution in [2.45, 2.75) is 13.8 Å². The van der Waals surface area contributed by atoms with Crippen molar-refractivity contribution in [3.05, 3.63) is 17.9 Å². The molecule has 0 saturated carbocycles. The molecular formula is C9H13N3O2. The number of hydrogen-bond acceptors (Lipinski definition) is 5. The Bertz CT molecular complexity index is 366. The van der Waals surface area contributed by atoms with Gasteiger partial charge in [0.2, 0.25) is 0 Å². The van der Waals surface area contributed by atoms with E-state index in [1.165, 1.54) is 6.92 Å². The Balaban J connectivity index is 3.07. The van der Waals surface area contributed by atoms with Gasteiger partial charge in [-0.05, 0) is 13.8 Å². The molecule has 0 N–H and O–H groups in total. The first-order chi connectivity index (χ1) is 6.50. The van der Waals surface area contributed by atoms with Gasteiger partial charge in [0.1, 0.15) is 0 Å². The average Bonchev–Trinajstić information content (AvgIpc) is 2.46. The summed E-state index contributed by atoms with van der Waals surface area (Å²) >= 11 is 0. The van der Waals surface area contributed by atoms with Crippen LogP contribution < -0.4 is 0 Å². The van der Waals surface area contributed by atoms with Gasteiger partial charge in [-0.1, -0.05) is 5.16 Å². The molecule has 76 valence electrons. The van der Waals surface area contributed by atoms with Crippen LogP contribution in [-0.2, 0) is 4.79 Å². The minimum absolute atomic E-state index is 0.0950. The Labute approximate surface area is 82.4 Å². The number of allylic oxidation sites excluding steroid dienone is 1. The molecule has 0 unspecified atom stereocenters. The predicted octanol–water partition coefficient (Wildman–Crippen LogP) is 0.870. The van der Waals surface area contributed by atoms with E-state index < -0.39 is 0 Å². The van der Waals surface area contributed by atoms with Crippen LogP contribution in [0.25, 0.3) is 5.57 Å². The van der Waals surface area contributed by atoms with Gasteiger partial charge >= 0.3 is 0 Å². The second-order valence-electron chi connectivity index (χ2n) is 3.21. The minimum atomic E-state index is -0.0950. The van der Waals surface area contributed by atoms with E-state index in [-0.39, 0.29) is 11.7 Å². The van der Waals surface area contributed by atoms with E-state index in [9.17, 15) is 4.79 Å². The van der Waals surface area contributed by atoms with Crippen LogP contribution in [-0.4, -0.2) is 34.9 Å². The van der Waals surface area contributed by atoms with Crippen LogP contribution in [0.3, 0.4) is 0 Å². The molecule has 1 rings (SSSR count). The van der Waals surface area contributed by atoms with Crippen LogP contribution in [0.2, 0.25) is 0 Å². The fourth-order valence-corrected chi connectivity index (χ4v) is 0.961. The zero-order chi connectivity index (χ0) is 10.7. The van der Waals surface area contributed by atoms with Gasteiger partial charge in [-0.3, -0.25) is 4.79 Å². The molecule has 0 bridgehead atoms. The molecule has 0 aromatic carbocycles. The number of aromatic nitrogens is 2. The van der Waals surface area contributed by atoms with Crippen molar-refractivity contribution in [2.75, 3.05) is 14.1 Å². The van der Waals surface area contributed by atoms with E-state index >= 15 is 0 Å².